The molecular formula is C13H17NO5. The summed E-state index contributed by atoms with van der Waals surface area (Å²) in [5.41, 5.74) is 0.449. The molecule has 0 aliphatic carbocycles. The fourth-order valence-electron chi connectivity index (χ4n) is 1.48. The van der Waals surface area contributed by atoms with E-state index < -0.39 is 11.9 Å². The zero-order valence-electron chi connectivity index (χ0n) is 11.1. The minimum atomic E-state index is -1.01. The first-order chi connectivity index (χ1) is 8.97. The highest BCUT2D eigenvalue weighted by molar-refractivity contribution is 5.94. The van der Waals surface area contributed by atoms with E-state index in [9.17, 15) is 9.59 Å². The zero-order chi connectivity index (χ0) is 14.4. The smallest absolute Gasteiger partial charge is 0.306 e. The molecule has 1 aromatic rings. The molecule has 104 valence electrons. The molecule has 0 radical (unpaired) electrons. The maximum atomic E-state index is 11.7. The molecule has 1 atom stereocenters. The first-order valence-corrected chi connectivity index (χ1v) is 5.72. The fraction of sp³-hybridized carbons (Fsp3) is 0.385. The fourth-order valence-corrected chi connectivity index (χ4v) is 1.48. The molecule has 0 aromatic heterocycles. The Kier molecular flexibility index (Phi) is 5.17. The molecule has 0 aliphatic rings. The Morgan fingerprint density at radius 3 is 2.53 bits per heavy atom. The van der Waals surface area contributed by atoms with Crippen molar-refractivity contribution in [2.24, 2.45) is 5.92 Å². The maximum Gasteiger partial charge on any atom is 0.306 e. The second-order valence-corrected chi connectivity index (χ2v) is 4.06. The standard InChI is InChI=1S/C13H17NO5/c1-8(13(16)17)6-12(15)14-10-7-9(18-2)4-5-11(10)19-3/h4-5,7-8H,6H2,1-3H3,(H,14,15)(H,16,17). The van der Waals surface area contributed by atoms with Crippen LogP contribution in [0, 0.1) is 5.92 Å². The molecule has 19 heavy (non-hydrogen) atoms. The Labute approximate surface area is 111 Å². The molecule has 0 aliphatic heterocycles. The molecule has 0 fully saturated rings. The molecule has 0 saturated heterocycles. The number of nitrogens with one attached hydrogen (secondary N) is 1. The summed E-state index contributed by atoms with van der Waals surface area (Å²) < 4.78 is 10.2. The average molecular weight is 267 g/mol. The molecule has 0 saturated carbocycles. The number of methoxy groups -OCH3 is 2. The van der Waals surface area contributed by atoms with Crippen LogP contribution < -0.4 is 14.8 Å². The van der Waals surface area contributed by atoms with Crippen LogP contribution in [0.3, 0.4) is 0 Å². The van der Waals surface area contributed by atoms with Gasteiger partial charge in [0.2, 0.25) is 5.91 Å². The lowest BCUT2D eigenvalue weighted by Gasteiger charge is -2.12. The third-order valence-electron chi connectivity index (χ3n) is 2.59. The van der Waals surface area contributed by atoms with Gasteiger partial charge in [-0.3, -0.25) is 9.59 Å². The molecule has 1 amide bonds. The van der Waals surface area contributed by atoms with Crippen LogP contribution >= 0.6 is 0 Å². The summed E-state index contributed by atoms with van der Waals surface area (Å²) in [5.74, 6) is -1.08. The van der Waals surface area contributed by atoms with Crippen LogP contribution in [0.2, 0.25) is 0 Å². The Morgan fingerprint density at radius 2 is 2.00 bits per heavy atom. The summed E-state index contributed by atoms with van der Waals surface area (Å²) in [6.07, 6.45) is -0.101. The van der Waals surface area contributed by atoms with Gasteiger partial charge in [0.25, 0.3) is 0 Å². The molecule has 2 N–H and O–H groups in total. The lowest BCUT2D eigenvalue weighted by atomic mass is 10.1. The van der Waals surface area contributed by atoms with Crippen LogP contribution in [0.1, 0.15) is 13.3 Å². The highest BCUT2D eigenvalue weighted by Gasteiger charge is 2.17. The SMILES string of the molecule is COc1ccc(OC)c(NC(=O)CC(C)C(=O)O)c1. The van der Waals surface area contributed by atoms with E-state index in [-0.39, 0.29) is 12.3 Å². The van der Waals surface area contributed by atoms with Crippen molar-refractivity contribution in [1.29, 1.82) is 0 Å². The number of rotatable bonds is 6. The van der Waals surface area contributed by atoms with Gasteiger partial charge < -0.3 is 19.9 Å². The average Bonchev–Trinajstić information content (AvgIpc) is 2.38. The van der Waals surface area contributed by atoms with Gasteiger partial charge in [-0.1, -0.05) is 6.92 Å². The van der Waals surface area contributed by atoms with Crippen LogP contribution in [0.5, 0.6) is 11.5 Å². The van der Waals surface area contributed by atoms with Gasteiger partial charge in [-0.15, -0.1) is 0 Å². The van der Waals surface area contributed by atoms with Crippen molar-refractivity contribution in [2.75, 3.05) is 19.5 Å². The Hall–Kier alpha value is -2.24. The normalized spacial score (nSPS) is 11.5. The molecule has 1 unspecified atom stereocenters. The summed E-state index contributed by atoms with van der Waals surface area (Å²) in [6.45, 7) is 1.48. The number of anilines is 1. The predicted molar refractivity (Wildman–Crippen MR) is 69.6 cm³/mol. The van der Waals surface area contributed by atoms with Gasteiger partial charge in [0.05, 0.1) is 25.8 Å². The van der Waals surface area contributed by atoms with E-state index >= 15 is 0 Å². The Bertz CT molecular complexity index is 472. The minimum Gasteiger partial charge on any atom is -0.497 e. The van der Waals surface area contributed by atoms with Crippen LogP contribution in [-0.4, -0.2) is 31.2 Å². The summed E-state index contributed by atoms with van der Waals surface area (Å²) in [7, 11) is 3.00. The second kappa shape index (κ2) is 6.63. The Balaban J connectivity index is 2.80. The number of carbonyl (C=O) groups excluding carboxylic acids is 1. The summed E-state index contributed by atoms with van der Waals surface area (Å²) in [5, 5.41) is 11.4. The largest absolute Gasteiger partial charge is 0.497 e. The van der Waals surface area contributed by atoms with Crippen molar-refractivity contribution < 1.29 is 24.2 Å². The van der Waals surface area contributed by atoms with E-state index in [2.05, 4.69) is 5.32 Å². The number of carboxylic acids is 1. The van der Waals surface area contributed by atoms with Crippen molar-refractivity contribution in [3.05, 3.63) is 18.2 Å². The highest BCUT2D eigenvalue weighted by atomic mass is 16.5. The van der Waals surface area contributed by atoms with Gasteiger partial charge in [0, 0.05) is 12.5 Å². The zero-order valence-corrected chi connectivity index (χ0v) is 11.1. The number of amides is 1. The van der Waals surface area contributed by atoms with E-state index in [4.69, 9.17) is 14.6 Å². The first-order valence-electron chi connectivity index (χ1n) is 5.72. The monoisotopic (exact) mass is 267 g/mol. The highest BCUT2D eigenvalue weighted by Crippen LogP contribution is 2.29. The molecule has 0 bridgehead atoms. The molecule has 1 aromatic carbocycles. The number of hydrogen-bond donors (Lipinski definition) is 2. The van der Waals surface area contributed by atoms with E-state index in [1.807, 2.05) is 0 Å². The number of ether oxygens (including phenoxy) is 2. The van der Waals surface area contributed by atoms with Crippen LogP contribution in [-0.2, 0) is 9.59 Å². The molecular weight excluding hydrogens is 250 g/mol. The first kappa shape index (κ1) is 14.8. The number of aliphatic carboxylic acids is 1. The van der Waals surface area contributed by atoms with Gasteiger partial charge in [0.15, 0.2) is 0 Å². The van der Waals surface area contributed by atoms with Crippen molar-refractivity contribution in [3.63, 3.8) is 0 Å². The minimum absolute atomic E-state index is 0.101. The number of benzene rings is 1. The second-order valence-electron chi connectivity index (χ2n) is 4.06. The molecule has 6 heteroatoms. The van der Waals surface area contributed by atoms with E-state index in [1.54, 1.807) is 18.2 Å². The van der Waals surface area contributed by atoms with Gasteiger partial charge in [-0.25, -0.2) is 0 Å². The summed E-state index contributed by atoms with van der Waals surface area (Å²) in [4.78, 5) is 22.4. The van der Waals surface area contributed by atoms with Crippen LogP contribution in [0.15, 0.2) is 18.2 Å². The summed E-state index contributed by atoms with van der Waals surface area (Å²) >= 11 is 0. The van der Waals surface area contributed by atoms with Crippen molar-refractivity contribution >= 4 is 17.6 Å². The maximum absolute atomic E-state index is 11.7. The predicted octanol–water partition coefficient (Wildman–Crippen LogP) is 1.75. The molecule has 0 heterocycles. The van der Waals surface area contributed by atoms with E-state index in [1.165, 1.54) is 21.1 Å². The van der Waals surface area contributed by atoms with Gasteiger partial charge >= 0.3 is 5.97 Å². The van der Waals surface area contributed by atoms with Crippen molar-refractivity contribution in [2.45, 2.75) is 13.3 Å². The molecule has 1 rings (SSSR count). The third-order valence-corrected chi connectivity index (χ3v) is 2.59. The lowest BCUT2D eigenvalue weighted by Crippen LogP contribution is -2.20. The molecule has 6 nitrogen and oxygen atoms in total. The quantitative estimate of drug-likeness (QED) is 0.820. The van der Waals surface area contributed by atoms with Gasteiger partial charge in [0.1, 0.15) is 11.5 Å². The van der Waals surface area contributed by atoms with Crippen LogP contribution in [0.4, 0.5) is 5.69 Å². The number of carboxylic acid groups (broad SMARTS) is 1. The molecule has 0 spiro atoms. The van der Waals surface area contributed by atoms with Gasteiger partial charge in [-0.2, -0.15) is 0 Å². The Morgan fingerprint density at radius 1 is 1.32 bits per heavy atom. The lowest BCUT2D eigenvalue weighted by molar-refractivity contribution is -0.142. The third kappa shape index (κ3) is 4.17. The van der Waals surface area contributed by atoms with E-state index in [0.717, 1.165) is 0 Å². The van der Waals surface area contributed by atoms with Gasteiger partial charge in [-0.05, 0) is 12.1 Å². The van der Waals surface area contributed by atoms with Crippen LogP contribution in [0.25, 0.3) is 0 Å². The number of hydrogen-bond acceptors (Lipinski definition) is 4. The van der Waals surface area contributed by atoms with Crippen molar-refractivity contribution in [3.8, 4) is 11.5 Å². The number of carbonyl (C=O) groups is 2. The topological polar surface area (TPSA) is 84.9 Å². The van der Waals surface area contributed by atoms with Crippen molar-refractivity contribution in [1.82, 2.24) is 0 Å². The summed E-state index contributed by atoms with van der Waals surface area (Å²) in [6, 6.07) is 4.98. The van der Waals surface area contributed by atoms with E-state index in [0.29, 0.717) is 17.2 Å².